The molecule has 0 N–H and O–H groups in total. The van der Waals surface area contributed by atoms with E-state index in [0.29, 0.717) is 19.6 Å². The van der Waals surface area contributed by atoms with Crippen LogP contribution in [0.2, 0.25) is 0 Å². The zero-order chi connectivity index (χ0) is 10.1. The molecule has 0 spiro atoms. The zero-order valence-electron chi connectivity index (χ0n) is 7.93. The third-order valence-corrected chi connectivity index (χ3v) is 1.26. The number of hydrogen-bond acceptors (Lipinski definition) is 4. The standard InChI is InChI=1S/C8H15NO4/c1-3-12-8(13-4-2)6-5-7-9(10)11/h5,7-8H,3-4,6H2,1-2H3. The summed E-state index contributed by atoms with van der Waals surface area (Å²) in [6, 6.07) is 0. The Bertz CT molecular complexity index is 164. The Labute approximate surface area is 77.5 Å². The van der Waals surface area contributed by atoms with E-state index < -0.39 is 4.92 Å². The summed E-state index contributed by atoms with van der Waals surface area (Å²) in [7, 11) is 0. The lowest BCUT2D eigenvalue weighted by Gasteiger charge is -2.13. The summed E-state index contributed by atoms with van der Waals surface area (Å²) in [6.07, 6.45) is 2.36. The summed E-state index contributed by atoms with van der Waals surface area (Å²) in [4.78, 5) is 9.43. The van der Waals surface area contributed by atoms with E-state index in [1.54, 1.807) is 0 Å². The van der Waals surface area contributed by atoms with Gasteiger partial charge in [-0.05, 0) is 19.9 Å². The van der Waals surface area contributed by atoms with Crippen LogP contribution in [0.5, 0.6) is 0 Å². The number of nitrogens with zero attached hydrogens (tertiary/aromatic N) is 1. The van der Waals surface area contributed by atoms with E-state index in [9.17, 15) is 10.1 Å². The van der Waals surface area contributed by atoms with Crippen LogP contribution in [0.25, 0.3) is 0 Å². The smallest absolute Gasteiger partial charge is 0.230 e. The Kier molecular flexibility index (Phi) is 7.14. The van der Waals surface area contributed by atoms with Crippen LogP contribution in [0, 0.1) is 10.1 Å². The molecule has 5 heteroatoms. The number of hydrogen-bond donors (Lipinski definition) is 0. The van der Waals surface area contributed by atoms with Gasteiger partial charge in [0.05, 0.1) is 4.92 Å². The minimum absolute atomic E-state index is 0.369. The van der Waals surface area contributed by atoms with Crippen molar-refractivity contribution in [3.63, 3.8) is 0 Å². The summed E-state index contributed by atoms with van der Waals surface area (Å²) in [5, 5.41) is 9.93. The molecule has 0 amide bonds. The molecule has 0 aliphatic heterocycles. The van der Waals surface area contributed by atoms with Crippen LogP contribution < -0.4 is 0 Å². The summed E-state index contributed by atoms with van der Waals surface area (Å²) >= 11 is 0. The van der Waals surface area contributed by atoms with Gasteiger partial charge in [-0.3, -0.25) is 10.1 Å². The van der Waals surface area contributed by atoms with Gasteiger partial charge in [0.15, 0.2) is 6.29 Å². The largest absolute Gasteiger partial charge is 0.353 e. The van der Waals surface area contributed by atoms with E-state index in [1.165, 1.54) is 6.08 Å². The van der Waals surface area contributed by atoms with Crippen molar-refractivity contribution in [1.82, 2.24) is 0 Å². The van der Waals surface area contributed by atoms with Gasteiger partial charge in [0.1, 0.15) is 0 Å². The summed E-state index contributed by atoms with van der Waals surface area (Å²) in [5.41, 5.74) is 0. The van der Waals surface area contributed by atoms with E-state index in [2.05, 4.69) is 0 Å². The highest BCUT2D eigenvalue weighted by atomic mass is 16.7. The molecule has 0 heterocycles. The molecule has 13 heavy (non-hydrogen) atoms. The van der Waals surface area contributed by atoms with Crippen molar-refractivity contribution in [3.05, 3.63) is 22.4 Å². The van der Waals surface area contributed by atoms with Crippen molar-refractivity contribution in [3.8, 4) is 0 Å². The Morgan fingerprint density at radius 3 is 2.31 bits per heavy atom. The topological polar surface area (TPSA) is 61.6 Å². The molecule has 0 rings (SSSR count). The monoisotopic (exact) mass is 189 g/mol. The number of ether oxygens (including phenoxy) is 2. The maximum atomic E-state index is 9.93. The minimum atomic E-state index is -0.505. The molecular formula is C8H15NO4. The lowest BCUT2D eigenvalue weighted by atomic mass is 10.4. The molecule has 0 bridgehead atoms. The normalized spacial score (nSPS) is 11.3. The fourth-order valence-electron chi connectivity index (χ4n) is 0.814. The molecule has 76 valence electrons. The van der Waals surface area contributed by atoms with Gasteiger partial charge in [-0.2, -0.15) is 0 Å². The van der Waals surface area contributed by atoms with Gasteiger partial charge < -0.3 is 9.47 Å². The molecule has 0 aromatic heterocycles. The first-order valence-corrected chi connectivity index (χ1v) is 4.24. The van der Waals surface area contributed by atoms with Crippen LogP contribution in [0.3, 0.4) is 0 Å². The second-order valence-electron chi connectivity index (χ2n) is 2.25. The van der Waals surface area contributed by atoms with Gasteiger partial charge in [0, 0.05) is 19.6 Å². The molecule has 0 aromatic carbocycles. The van der Waals surface area contributed by atoms with Crippen molar-refractivity contribution in [1.29, 1.82) is 0 Å². The SMILES string of the molecule is CCOC(CC=C[N+](=O)[O-])OCC. The second kappa shape index (κ2) is 7.70. The maximum absolute atomic E-state index is 9.93. The highest BCUT2D eigenvalue weighted by Gasteiger charge is 2.05. The Hall–Kier alpha value is -0.940. The maximum Gasteiger partial charge on any atom is 0.230 e. The summed E-state index contributed by atoms with van der Waals surface area (Å²) in [6.45, 7) is 4.78. The lowest BCUT2D eigenvalue weighted by molar-refractivity contribution is -0.402. The molecule has 0 fully saturated rings. The average molecular weight is 189 g/mol. The first kappa shape index (κ1) is 12.1. The molecular weight excluding hydrogens is 174 g/mol. The molecule has 0 radical (unpaired) electrons. The quantitative estimate of drug-likeness (QED) is 0.346. The van der Waals surface area contributed by atoms with E-state index in [0.717, 1.165) is 6.20 Å². The molecule has 5 nitrogen and oxygen atoms in total. The van der Waals surface area contributed by atoms with Crippen molar-refractivity contribution >= 4 is 0 Å². The molecule has 0 saturated carbocycles. The minimum Gasteiger partial charge on any atom is -0.353 e. The first-order chi connectivity index (χ1) is 6.20. The molecule has 0 aromatic rings. The molecule has 0 unspecified atom stereocenters. The molecule has 0 aliphatic carbocycles. The molecule has 0 aliphatic rings. The van der Waals surface area contributed by atoms with Crippen molar-refractivity contribution in [2.75, 3.05) is 13.2 Å². The predicted molar refractivity (Wildman–Crippen MR) is 47.8 cm³/mol. The second-order valence-corrected chi connectivity index (χ2v) is 2.25. The average Bonchev–Trinajstić information content (AvgIpc) is 2.04. The van der Waals surface area contributed by atoms with E-state index in [1.807, 2.05) is 13.8 Å². The van der Waals surface area contributed by atoms with Crippen LogP contribution in [-0.4, -0.2) is 24.4 Å². The van der Waals surface area contributed by atoms with Gasteiger partial charge in [-0.1, -0.05) is 0 Å². The van der Waals surface area contributed by atoms with Crippen molar-refractivity contribution in [2.24, 2.45) is 0 Å². The van der Waals surface area contributed by atoms with Gasteiger partial charge >= 0.3 is 0 Å². The van der Waals surface area contributed by atoms with E-state index in [-0.39, 0.29) is 6.29 Å². The van der Waals surface area contributed by atoms with Crippen molar-refractivity contribution < 1.29 is 14.4 Å². The molecule has 0 atom stereocenters. The van der Waals surface area contributed by atoms with E-state index in [4.69, 9.17) is 9.47 Å². The summed E-state index contributed by atoms with van der Waals surface area (Å²) in [5.74, 6) is 0. The third-order valence-electron chi connectivity index (χ3n) is 1.26. The lowest BCUT2D eigenvalue weighted by Crippen LogP contribution is -2.16. The fourth-order valence-corrected chi connectivity index (χ4v) is 0.814. The predicted octanol–water partition coefficient (Wildman–Crippen LogP) is 1.57. The van der Waals surface area contributed by atoms with E-state index >= 15 is 0 Å². The fraction of sp³-hybridized carbons (Fsp3) is 0.750. The van der Waals surface area contributed by atoms with Gasteiger partial charge in [-0.15, -0.1) is 0 Å². The summed E-state index contributed by atoms with van der Waals surface area (Å²) < 4.78 is 10.3. The molecule has 0 saturated heterocycles. The van der Waals surface area contributed by atoms with Crippen LogP contribution in [-0.2, 0) is 9.47 Å². The number of nitro groups is 1. The first-order valence-electron chi connectivity index (χ1n) is 4.24. The third kappa shape index (κ3) is 7.42. The highest BCUT2D eigenvalue weighted by Crippen LogP contribution is 2.01. The van der Waals surface area contributed by atoms with Crippen LogP contribution in [0.1, 0.15) is 20.3 Å². The van der Waals surface area contributed by atoms with Gasteiger partial charge in [0.25, 0.3) is 0 Å². The van der Waals surface area contributed by atoms with Crippen molar-refractivity contribution in [2.45, 2.75) is 26.6 Å². The van der Waals surface area contributed by atoms with Crippen LogP contribution >= 0.6 is 0 Å². The number of rotatable bonds is 7. The Morgan fingerprint density at radius 2 is 1.92 bits per heavy atom. The van der Waals surface area contributed by atoms with Crippen LogP contribution in [0.15, 0.2) is 12.3 Å². The van der Waals surface area contributed by atoms with Gasteiger partial charge in [-0.25, -0.2) is 0 Å². The Morgan fingerprint density at radius 1 is 1.38 bits per heavy atom. The highest BCUT2D eigenvalue weighted by molar-refractivity contribution is 4.74. The van der Waals surface area contributed by atoms with Crippen LogP contribution in [0.4, 0.5) is 0 Å². The Balaban J connectivity index is 3.73. The van der Waals surface area contributed by atoms with Gasteiger partial charge in [0.2, 0.25) is 6.20 Å². The zero-order valence-corrected chi connectivity index (χ0v) is 7.93.